The van der Waals surface area contributed by atoms with Crippen LogP contribution in [0.2, 0.25) is 0 Å². The van der Waals surface area contributed by atoms with Crippen molar-refractivity contribution in [3.63, 3.8) is 0 Å². The van der Waals surface area contributed by atoms with Crippen LogP contribution in [0.4, 0.5) is 11.8 Å². The van der Waals surface area contributed by atoms with E-state index in [1.54, 1.807) is 6.20 Å². The summed E-state index contributed by atoms with van der Waals surface area (Å²) < 4.78 is 1.92. The predicted molar refractivity (Wildman–Crippen MR) is 70.4 cm³/mol. The lowest BCUT2D eigenvalue weighted by Crippen LogP contribution is -2.38. The van der Waals surface area contributed by atoms with Gasteiger partial charge in [-0.05, 0) is 18.3 Å². The number of hydrogen-bond acceptors (Lipinski definition) is 5. The van der Waals surface area contributed by atoms with Gasteiger partial charge >= 0.3 is 0 Å². The van der Waals surface area contributed by atoms with Gasteiger partial charge < -0.3 is 10.6 Å². The molecular weight excluding hydrogens is 228 g/mol. The summed E-state index contributed by atoms with van der Waals surface area (Å²) in [4.78, 5) is 6.29. The molecule has 3 rings (SSSR count). The highest BCUT2D eigenvalue weighted by molar-refractivity contribution is 5.61. The Morgan fingerprint density at radius 3 is 2.67 bits per heavy atom. The lowest BCUT2D eigenvalue weighted by atomic mass is 9.83. The normalized spacial score (nSPS) is 19.3. The third-order valence-corrected chi connectivity index (χ3v) is 3.74. The summed E-state index contributed by atoms with van der Waals surface area (Å²) in [5, 5.41) is 8.36. The molecule has 0 unspecified atom stereocenters. The smallest absolute Gasteiger partial charge is 0.231 e. The number of fused-ring (bicyclic) bond motifs is 1. The molecule has 3 heterocycles. The number of nitrogens with two attached hydrogens (primary N) is 1. The molecule has 0 atom stereocenters. The second-order valence-electron chi connectivity index (χ2n) is 5.66. The molecule has 6 heteroatoms. The molecule has 96 valence electrons. The number of anilines is 2. The van der Waals surface area contributed by atoms with E-state index in [9.17, 15) is 0 Å². The average Bonchev–Trinajstić information content (AvgIpc) is 2.74. The molecule has 1 fully saturated rings. The van der Waals surface area contributed by atoms with Crippen molar-refractivity contribution in [2.24, 2.45) is 5.41 Å². The Kier molecular flexibility index (Phi) is 2.39. The Labute approximate surface area is 106 Å². The molecule has 1 saturated heterocycles. The van der Waals surface area contributed by atoms with E-state index in [0.717, 1.165) is 19.0 Å². The van der Waals surface area contributed by atoms with Crippen LogP contribution >= 0.6 is 0 Å². The molecule has 18 heavy (non-hydrogen) atoms. The van der Waals surface area contributed by atoms with Gasteiger partial charge in [0, 0.05) is 25.5 Å². The van der Waals surface area contributed by atoms with Gasteiger partial charge in [0.05, 0.1) is 0 Å². The van der Waals surface area contributed by atoms with Crippen LogP contribution in [0.25, 0.3) is 5.65 Å². The minimum atomic E-state index is 0.425. The molecule has 0 radical (unpaired) electrons. The van der Waals surface area contributed by atoms with Crippen LogP contribution in [-0.2, 0) is 0 Å². The molecule has 0 aliphatic carbocycles. The van der Waals surface area contributed by atoms with Gasteiger partial charge in [0.2, 0.25) is 11.6 Å². The van der Waals surface area contributed by atoms with E-state index in [1.165, 1.54) is 12.8 Å². The van der Waals surface area contributed by atoms with Gasteiger partial charge in [-0.2, -0.15) is 0 Å². The summed E-state index contributed by atoms with van der Waals surface area (Å²) in [7, 11) is 0. The largest absolute Gasteiger partial charge is 0.381 e. The highest BCUT2D eigenvalue weighted by Crippen LogP contribution is 2.31. The SMILES string of the molecule is CC1(C)CCN(c2nnc3c(N)nccn23)CC1. The molecule has 2 aromatic rings. The first-order chi connectivity index (χ1) is 8.57. The minimum absolute atomic E-state index is 0.425. The number of hydrogen-bond donors (Lipinski definition) is 1. The Morgan fingerprint density at radius 1 is 1.22 bits per heavy atom. The van der Waals surface area contributed by atoms with Crippen molar-refractivity contribution in [3.8, 4) is 0 Å². The maximum atomic E-state index is 5.79. The number of piperidine rings is 1. The molecule has 2 N–H and O–H groups in total. The maximum Gasteiger partial charge on any atom is 0.231 e. The molecule has 0 bridgehead atoms. The maximum absolute atomic E-state index is 5.79. The van der Waals surface area contributed by atoms with Crippen LogP contribution in [0.3, 0.4) is 0 Å². The summed E-state index contributed by atoms with van der Waals surface area (Å²) in [5.41, 5.74) is 6.85. The zero-order valence-corrected chi connectivity index (χ0v) is 10.8. The van der Waals surface area contributed by atoms with Crippen LogP contribution in [0, 0.1) is 5.41 Å². The summed E-state index contributed by atoms with van der Waals surface area (Å²) in [5.74, 6) is 1.29. The fraction of sp³-hybridized carbons (Fsp3) is 0.583. The van der Waals surface area contributed by atoms with Crippen molar-refractivity contribution in [2.45, 2.75) is 26.7 Å². The van der Waals surface area contributed by atoms with Crippen molar-refractivity contribution in [1.29, 1.82) is 0 Å². The zero-order valence-electron chi connectivity index (χ0n) is 10.8. The van der Waals surface area contributed by atoms with Gasteiger partial charge in [-0.3, -0.25) is 4.40 Å². The van der Waals surface area contributed by atoms with Crippen molar-refractivity contribution < 1.29 is 0 Å². The van der Waals surface area contributed by atoms with Gasteiger partial charge in [0.25, 0.3) is 0 Å². The average molecular weight is 246 g/mol. The molecule has 6 nitrogen and oxygen atoms in total. The van der Waals surface area contributed by atoms with Crippen molar-refractivity contribution in [2.75, 3.05) is 23.7 Å². The van der Waals surface area contributed by atoms with Crippen molar-refractivity contribution >= 4 is 17.4 Å². The number of aromatic nitrogens is 4. The number of rotatable bonds is 1. The van der Waals surface area contributed by atoms with Crippen LogP contribution in [0.15, 0.2) is 12.4 Å². The standard InChI is InChI=1S/C12H18N6/c1-12(2)3-6-17(7-4-12)11-16-15-10-9(13)14-5-8-18(10)11/h5,8H,3-4,6-7H2,1-2H3,(H2,13,14). The second kappa shape index (κ2) is 3.83. The van der Waals surface area contributed by atoms with Crippen LogP contribution in [0.5, 0.6) is 0 Å². The number of nitrogens with zero attached hydrogens (tertiary/aromatic N) is 5. The van der Waals surface area contributed by atoms with Crippen molar-refractivity contribution in [3.05, 3.63) is 12.4 Å². The zero-order chi connectivity index (χ0) is 12.8. The van der Waals surface area contributed by atoms with Crippen LogP contribution in [0.1, 0.15) is 26.7 Å². The molecule has 0 spiro atoms. The second-order valence-corrected chi connectivity index (χ2v) is 5.66. The van der Waals surface area contributed by atoms with Crippen molar-refractivity contribution in [1.82, 2.24) is 19.6 Å². The quantitative estimate of drug-likeness (QED) is 0.822. The minimum Gasteiger partial charge on any atom is -0.381 e. The number of nitrogen functional groups attached to an aromatic ring is 1. The van der Waals surface area contributed by atoms with E-state index in [1.807, 2.05) is 10.6 Å². The molecule has 1 aliphatic heterocycles. The Bertz CT molecular complexity index is 563. The monoisotopic (exact) mass is 246 g/mol. The first-order valence-corrected chi connectivity index (χ1v) is 6.27. The van der Waals surface area contributed by atoms with E-state index < -0.39 is 0 Å². The van der Waals surface area contributed by atoms with Crippen LogP contribution < -0.4 is 10.6 Å². The fourth-order valence-electron chi connectivity index (χ4n) is 2.36. The molecule has 0 saturated carbocycles. The van der Waals surface area contributed by atoms with Gasteiger partial charge in [-0.1, -0.05) is 13.8 Å². The Hall–Kier alpha value is -1.85. The molecule has 1 aliphatic rings. The first-order valence-electron chi connectivity index (χ1n) is 6.27. The predicted octanol–water partition coefficient (Wildman–Crippen LogP) is 1.33. The molecule has 2 aromatic heterocycles. The van der Waals surface area contributed by atoms with Gasteiger partial charge in [-0.15, -0.1) is 10.2 Å². The Morgan fingerprint density at radius 2 is 1.94 bits per heavy atom. The van der Waals surface area contributed by atoms with Crippen LogP contribution in [-0.4, -0.2) is 32.7 Å². The van der Waals surface area contributed by atoms with E-state index in [4.69, 9.17) is 5.73 Å². The Balaban J connectivity index is 1.94. The summed E-state index contributed by atoms with van der Waals surface area (Å²) >= 11 is 0. The summed E-state index contributed by atoms with van der Waals surface area (Å²) in [6.45, 7) is 6.65. The third kappa shape index (κ3) is 1.77. The molecule has 0 aromatic carbocycles. The van der Waals surface area contributed by atoms with E-state index >= 15 is 0 Å². The van der Waals surface area contributed by atoms with Gasteiger partial charge in [-0.25, -0.2) is 4.98 Å². The first kappa shape index (κ1) is 11.3. The third-order valence-electron chi connectivity index (χ3n) is 3.74. The van der Waals surface area contributed by atoms with Gasteiger partial charge in [0.15, 0.2) is 5.82 Å². The van der Waals surface area contributed by atoms with E-state index in [-0.39, 0.29) is 0 Å². The fourth-order valence-corrected chi connectivity index (χ4v) is 2.36. The van der Waals surface area contributed by atoms with E-state index in [2.05, 4.69) is 33.9 Å². The summed E-state index contributed by atoms with van der Waals surface area (Å²) in [6.07, 6.45) is 5.88. The van der Waals surface area contributed by atoms with E-state index in [0.29, 0.717) is 16.9 Å². The highest BCUT2D eigenvalue weighted by Gasteiger charge is 2.27. The van der Waals surface area contributed by atoms with Gasteiger partial charge in [0.1, 0.15) is 0 Å². The molecule has 0 amide bonds. The topological polar surface area (TPSA) is 72.3 Å². The highest BCUT2D eigenvalue weighted by atomic mass is 15.4. The summed E-state index contributed by atoms with van der Waals surface area (Å²) in [6, 6.07) is 0. The lowest BCUT2D eigenvalue weighted by Gasteiger charge is -2.36. The molecular formula is C12H18N6. The lowest BCUT2D eigenvalue weighted by molar-refractivity contribution is 0.278.